The van der Waals surface area contributed by atoms with Gasteiger partial charge in [0.1, 0.15) is 13.1 Å². The van der Waals surface area contributed by atoms with Gasteiger partial charge in [0.25, 0.3) is 0 Å². The number of aliphatic carboxylic acids is 2. The molecule has 1 amide bonds. The first kappa shape index (κ1) is 17.3. The summed E-state index contributed by atoms with van der Waals surface area (Å²) >= 11 is 7.04. The summed E-state index contributed by atoms with van der Waals surface area (Å²) in [5.74, 6) is -2.43. The van der Waals surface area contributed by atoms with Crippen molar-refractivity contribution in [1.29, 1.82) is 0 Å². The maximum absolute atomic E-state index is 11.8. The van der Waals surface area contributed by atoms with E-state index in [-0.39, 0.29) is 5.75 Å². The normalized spacial score (nSPS) is 10.1. The molecule has 2 N–H and O–H groups in total. The molecule has 114 valence electrons. The molecule has 0 spiro atoms. The molecule has 8 heteroatoms. The Morgan fingerprint density at radius 3 is 2.05 bits per heavy atom. The van der Waals surface area contributed by atoms with E-state index in [0.29, 0.717) is 10.8 Å². The summed E-state index contributed by atoms with van der Waals surface area (Å²) in [4.78, 5) is 33.9. The average Bonchev–Trinajstić information content (AvgIpc) is 2.39. The van der Waals surface area contributed by atoms with Gasteiger partial charge in [0.2, 0.25) is 5.91 Å². The lowest BCUT2D eigenvalue weighted by atomic mass is 10.2. The summed E-state index contributed by atoms with van der Waals surface area (Å²) in [6, 6.07) is 7.12. The molecule has 0 unspecified atom stereocenters. The third-order valence-electron chi connectivity index (χ3n) is 2.41. The van der Waals surface area contributed by atoms with Gasteiger partial charge in [0.15, 0.2) is 0 Å². The van der Waals surface area contributed by atoms with E-state index < -0.39 is 30.9 Å². The quantitative estimate of drug-likeness (QED) is 0.751. The molecule has 0 aliphatic carbocycles. The zero-order chi connectivity index (χ0) is 15.8. The van der Waals surface area contributed by atoms with Crippen LogP contribution in [-0.2, 0) is 20.1 Å². The Morgan fingerprint density at radius 1 is 1.05 bits per heavy atom. The van der Waals surface area contributed by atoms with Gasteiger partial charge in [0.05, 0.1) is 5.75 Å². The molecule has 0 aliphatic rings. The lowest BCUT2D eigenvalue weighted by Gasteiger charge is -2.18. The summed E-state index contributed by atoms with van der Waals surface area (Å²) in [7, 11) is 0. The van der Waals surface area contributed by atoms with Crippen LogP contribution in [0.4, 0.5) is 0 Å². The van der Waals surface area contributed by atoms with Crippen molar-refractivity contribution in [3.8, 4) is 0 Å². The average molecular weight is 332 g/mol. The fraction of sp³-hybridized carbons (Fsp3) is 0.308. The highest BCUT2D eigenvalue weighted by Gasteiger charge is 2.19. The number of hydrogen-bond donors (Lipinski definition) is 2. The summed E-state index contributed by atoms with van der Waals surface area (Å²) in [6.45, 7) is -1.24. The maximum Gasteiger partial charge on any atom is 0.323 e. The van der Waals surface area contributed by atoms with Gasteiger partial charge in [-0.1, -0.05) is 23.7 Å². The molecule has 0 atom stereocenters. The molecule has 6 nitrogen and oxygen atoms in total. The Morgan fingerprint density at radius 2 is 1.57 bits per heavy atom. The van der Waals surface area contributed by atoms with E-state index in [1.807, 2.05) is 12.1 Å². The van der Waals surface area contributed by atoms with Gasteiger partial charge in [-0.2, -0.15) is 0 Å². The van der Waals surface area contributed by atoms with Gasteiger partial charge in [-0.25, -0.2) is 0 Å². The summed E-state index contributed by atoms with van der Waals surface area (Å²) in [6.07, 6.45) is 0. The van der Waals surface area contributed by atoms with Crippen molar-refractivity contribution >= 4 is 41.2 Å². The molecule has 0 aromatic heterocycles. The lowest BCUT2D eigenvalue weighted by molar-refractivity contribution is -0.148. The molecular formula is C13H14ClNO5S. The van der Waals surface area contributed by atoms with Gasteiger partial charge in [-0.15, -0.1) is 11.8 Å². The Kier molecular flexibility index (Phi) is 7.04. The monoisotopic (exact) mass is 331 g/mol. The zero-order valence-corrected chi connectivity index (χ0v) is 12.6. The van der Waals surface area contributed by atoms with Crippen LogP contribution in [0.1, 0.15) is 5.56 Å². The second kappa shape index (κ2) is 8.53. The first-order valence-electron chi connectivity index (χ1n) is 5.92. The van der Waals surface area contributed by atoms with Gasteiger partial charge in [-0.3, -0.25) is 14.4 Å². The van der Waals surface area contributed by atoms with E-state index >= 15 is 0 Å². The van der Waals surface area contributed by atoms with Crippen molar-refractivity contribution in [2.24, 2.45) is 0 Å². The van der Waals surface area contributed by atoms with Gasteiger partial charge in [-0.05, 0) is 17.7 Å². The lowest BCUT2D eigenvalue weighted by Crippen LogP contribution is -2.40. The molecule has 1 aromatic carbocycles. The number of halogens is 1. The third-order valence-corrected chi connectivity index (χ3v) is 3.65. The molecule has 1 aromatic rings. The topological polar surface area (TPSA) is 94.9 Å². The van der Waals surface area contributed by atoms with Crippen molar-refractivity contribution in [1.82, 2.24) is 4.90 Å². The molecule has 0 heterocycles. The van der Waals surface area contributed by atoms with Crippen LogP contribution in [0.15, 0.2) is 24.3 Å². The smallest absolute Gasteiger partial charge is 0.323 e. The molecule has 1 rings (SSSR count). The number of rotatable bonds is 8. The number of thioether (sulfide) groups is 1. The number of carbonyl (C=O) groups excluding carboxylic acids is 1. The predicted octanol–water partition coefficient (Wildman–Crippen LogP) is 1.57. The highest BCUT2D eigenvalue weighted by Crippen LogP contribution is 2.15. The highest BCUT2D eigenvalue weighted by molar-refractivity contribution is 7.99. The fourth-order valence-corrected chi connectivity index (χ4v) is 2.50. The zero-order valence-electron chi connectivity index (χ0n) is 11.0. The summed E-state index contributed by atoms with van der Waals surface area (Å²) in [5, 5.41) is 18.0. The van der Waals surface area contributed by atoms with Crippen molar-refractivity contribution in [2.75, 3.05) is 18.8 Å². The van der Waals surface area contributed by atoms with Crippen molar-refractivity contribution in [2.45, 2.75) is 5.75 Å². The van der Waals surface area contributed by atoms with E-state index in [0.717, 1.165) is 10.5 Å². The Balaban J connectivity index is 2.47. The largest absolute Gasteiger partial charge is 0.480 e. The van der Waals surface area contributed by atoms with Gasteiger partial charge >= 0.3 is 11.9 Å². The molecule has 0 fully saturated rings. The highest BCUT2D eigenvalue weighted by atomic mass is 35.5. The predicted molar refractivity (Wildman–Crippen MR) is 79.5 cm³/mol. The Labute approximate surface area is 130 Å². The van der Waals surface area contributed by atoms with Crippen LogP contribution >= 0.6 is 23.4 Å². The standard InChI is InChI=1S/C13H14ClNO5S/c14-10-3-1-9(2-4-10)7-21-8-11(16)15(5-12(17)18)6-13(19)20/h1-4H,5-8H2,(H,17,18)(H,19,20). The van der Waals surface area contributed by atoms with Crippen molar-refractivity contribution in [3.63, 3.8) is 0 Å². The second-order valence-electron chi connectivity index (χ2n) is 4.16. The molecular weight excluding hydrogens is 318 g/mol. The first-order chi connectivity index (χ1) is 9.88. The minimum atomic E-state index is -1.24. The first-order valence-corrected chi connectivity index (χ1v) is 7.45. The number of carbonyl (C=O) groups is 3. The van der Waals surface area contributed by atoms with E-state index in [1.54, 1.807) is 12.1 Å². The fourth-order valence-electron chi connectivity index (χ4n) is 1.49. The van der Waals surface area contributed by atoms with Crippen LogP contribution < -0.4 is 0 Å². The number of benzene rings is 1. The van der Waals surface area contributed by atoms with E-state index in [2.05, 4.69) is 0 Å². The number of carboxylic acids is 2. The van der Waals surface area contributed by atoms with E-state index in [1.165, 1.54) is 11.8 Å². The second-order valence-corrected chi connectivity index (χ2v) is 5.58. The third kappa shape index (κ3) is 7.01. The van der Waals surface area contributed by atoms with Crippen LogP contribution in [0, 0.1) is 0 Å². The van der Waals surface area contributed by atoms with Crippen LogP contribution in [0.2, 0.25) is 5.02 Å². The van der Waals surface area contributed by atoms with Crippen LogP contribution in [-0.4, -0.2) is 51.8 Å². The summed E-state index contributed by atoms with van der Waals surface area (Å²) < 4.78 is 0. The van der Waals surface area contributed by atoms with E-state index in [4.69, 9.17) is 21.8 Å². The van der Waals surface area contributed by atoms with Gasteiger partial charge < -0.3 is 15.1 Å². The maximum atomic E-state index is 11.8. The molecule has 0 aliphatic heterocycles. The SMILES string of the molecule is O=C(O)CN(CC(=O)O)C(=O)CSCc1ccc(Cl)cc1. The van der Waals surface area contributed by atoms with Crippen LogP contribution in [0.25, 0.3) is 0 Å². The van der Waals surface area contributed by atoms with Crippen LogP contribution in [0.5, 0.6) is 0 Å². The molecule has 0 saturated carbocycles. The molecule has 21 heavy (non-hydrogen) atoms. The number of nitrogens with zero attached hydrogens (tertiary/aromatic N) is 1. The summed E-state index contributed by atoms with van der Waals surface area (Å²) in [5.41, 5.74) is 0.972. The minimum Gasteiger partial charge on any atom is -0.480 e. The molecule has 0 saturated heterocycles. The number of carboxylic acid groups (broad SMARTS) is 2. The molecule has 0 radical (unpaired) electrons. The Bertz CT molecular complexity index is 504. The van der Waals surface area contributed by atoms with Crippen LogP contribution in [0.3, 0.4) is 0 Å². The minimum absolute atomic E-state index is 0.0171. The number of hydrogen-bond acceptors (Lipinski definition) is 4. The van der Waals surface area contributed by atoms with Crippen molar-refractivity contribution in [3.05, 3.63) is 34.9 Å². The van der Waals surface area contributed by atoms with Crippen molar-refractivity contribution < 1.29 is 24.6 Å². The molecule has 0 bridgehead atoms. The number of amides is 1. The Hall–Kier alpha value is -1.73. The van der Waals surface area contributed by atoms with Gasteiger partial charge in [0, 0.05) is 10.8 Å². The van der Waals surface area contributed by atoms with E-state index in [9.17, 15) is 14.4 Å².